The Morgan fingerprint density at radius 1 is 0.973 bits per heavy atom. The molecule has 3 heterocycles. The summed E-state index contributed by atoms with van der Waals surface area (Å²) >= 11 is 3.35. The molecule has 2 aliphatic rings. The third kappa shape index (κ3) is 5.00. The van der Waals surface area contributed by atoms with Crippen LogP contribution in [-0.4, -0.2) is 57.7 Å². The number of nitrogens with zero attached hydrogens (tertiary/aromatic N) is 4. The van der Waals surface area contributed by atoms with Gasteiger partial charge in [0.25, 0.3) is 17.5 Å². The summed E-state index contributed by atoms with van der Waals surface area (Å²) in [6, 6.07) is 16.6. The summed E-state index contributed by atoms with van der Waals surface area (Å²) in [6.45, 7) is 4.04. The highest BCUT2D eigenvalue weighted by molar-refractivity contribution is 9.10. The van der Waals surface area contributed by atoms with E-state index in [9.17, 15) is 19.7 Å². The van der Waals surface area contributed by atoms with Crippen molar-refractivity contribution in [2.75, 3.05) is 26.2 Å². The number of carbonyl (C=O) groups excluding carboxylic acids is 2. The van der Waals surface area contributed by atoms with E-state index in [4.69, 9.17) is 0 Å². The Bertz CT molecular complexity index is 1350. The lowest BCUT2D eigenvalue weighted by Crippen LogP contribution is -2.34. The summed E-state index contributed by atoms with van der Waals surface area (Å²) in [5.41, 5.74) is 3.01. The van der Waals surface area contributed by atoms with Crippen LogP contribution in [0.3, 0.4) is 0 Å². The number of amides is 2. The molecule has 9 heteroatoms. The molecule has 2 atom stereocenters. The second kappa shape index (κ2) is 10.4. The molecule has 2 aromatic carbocycles. The summed E-state index contributed by atoms with van der Waals surface area (Å²) in [7, 11) is 0. The molecule has 37 heavy (non-hydrogen) atoms. The van der Waals surface area contributed by atoms with Gasteiger partial charge < -0.3 is 9.80 Å². The number of nitro groups is 1. The molecule has 2 saturated heterocycles. The normalized spacial score (nSPS) is 19.3. The number of carbonyl (C=O) groups is 2. The third-order valence-electron chi connectivity index (χ3n) is 7.55. The van der Waals surface area contributed by atoms with Crippen molar-refractivity contribution in [2.24, 2.45) is 11.8 Å². The molecule has 0 aliphatic carbocycles. The van der Waals surface area contributed by atoms with Crippen LogP contribution in [0.15, 0.2) is 65.3 Å². The van der Waals surface area contributed by atoms with E-state index >= 15 is 0 Å². The van der Waals surface area contributed by atoms with Crippen molar-refractivity contribution in [1.82, 2.24) is 14.8 Å². The van der Waals surface area contributed by atoms with Crippen LogP contribution in [-0.2, 0) is 0 Å². The monoisotopic (exact) mass is 562 g/mol. The van der Waals surface area contributed by atoms with E-state index in [1.165, 1.54) is 6.07 Å². The smallest absolute Gasteiger partial charge is 0.274 e. The maximum Gasteiger partial charge on any atom is 0.274 e. The van der Waals surface area contributed by atoms with Crippen LogP contribution >= 0.6 is 15.9 Å². The van der Waals surface area contributed by atoms with Gasteiger partial charge in [0.05, 0.1) is 4.92 Å². The van der Waals surface area contributed by atoms with Crippen LogP contribution in [0, 0.1) is 28.9 Å². The third-order valence-corrected chi connectivity index (χ3v) is 8.37. The van der Waals surface area contributed by atoms with Gasteiger partial charge in [0.1, 0.15) is 5.69 Å². The molecule has 2 amide bonds. The number of aromatic nitrogens is 1. The number of pyridine rings is 1. The van der Waals surface area contributed by atoms with E-state index in [1.807, 2.05) is 47.4 Å². The van der Waals surface area contributed by atoms with Gasteiger partial charge in [0.2, 0.25) is 0 Å². The predicted octanol–water partition coefficient (Wildman–Crippen LogP) is 5.35. The molecule has 2 aliphatic heterocycles. The van der Waals surface area contributed by atoms with Gasteiger partial charge in [0, 0.05) is 59.6 Å². The van der Waals surface area contributed by atoms with Crippen molar-refractivity contribution in [1.29, 1.82) is 0 Å². The molecule has 0 N–H and O–H groups in total. The zero-order valence-corrected chi connectivity index (χ0v) is 22.1. The standard InChI is InChI=1S/C28H27BrN4O4/c1-18-24(29)14-22(15-25(18)33(36)37)27(34)32-16-20-9-12-31(13-10-21(20)17-32)28(35)26-23(8-5-11-30-26)19-6-3-2-4-7-19/h2-8,11,14-15,20-21H,9-10,12-13,16-17H2,1H3/t20-,21+. The van der Waals surface area contributed by atoms with Gasteiger partial charge in [-0.1, -0.05) is 52.3 Å². The van der Waals surface area contributed by atoms with E-state index in [0.717, 1.165) is 24.0 Å². The van der Waals surface area contributed by atoms with E-state index in [0.29, 0.717) is 47.5 Å². The van der Waals surface area contributed by atoms with Gasteiger partial charge in [0.15, 0.2) is 0 Å². The van der Waals surface area contributed by atoms with Gasteiger partial charge in [-0.15, -0.1) is 0 Å². The fourth-order valence-electron chi connectivity index (χ4n) is 5.45. The summed E-state index contributed by atoms with van der Waals surface area (Å²) in [5.74, 6) is 0.306. The van der Waals surface area contributed by atoms with Crippen molar-refractivity contribution < 1.29 is 14.5 Å². The van der Waals surface area contributed by atoms with Gasteiger partial charge >= 0.3 is 0 Å². The lowest BCUT2D eigenvalue weighted by atomic mass is 9.92. The van der Waals surface area contributed by atoms with Crippen LogP contribution in [0.1, 0.15) is 39.3 Å². The highest BCUT2D eigenvalue weighted by Crippen LogP contribution is 2.35. The average Bonchev–Trinajstić information content (AvgIpc) is 3.22. The molecule has 190 valence electrons. The van der Waals surface area contributed by atoms with Crippen molar-refractivity contribution >= 4 is 33.4 Å². The Hall–Kier alpha value is -3.59. The SMILES string of the molecule is Cc1c(Br)cc(C(=O)N2C[C@H]3CCN(C(=O)c4ncccc4-c4ccccc4)CC[C@H]3C2)cc1[N+](=O)[O-]. The van der Waals surface area contributed by atoms with Gasteiger partial charge in [-0.3, -0.25) is 24.7 Å². The molecule has 0 radical (unpaired) electrons. The van der Waals surface area contributed by atoms with E-state index < -0.39 is 4.92 Å². The number of likely N-dealkylation sites (tertiary alicyclic amines) is 2. The van der Waals surface area contributed by atoms with Crippen LogP contribution in [0.5, 0.6) is 0 Å². The van der Waals surface area contributed by atoms with Crippen molar-refractivity contribution in [2.45, 2.75) is 19.8 Å². The number of hydrogen-bond acceptors (Lipinski definition) is 5. The van der Waals surface area contributed by atoms with Crippen molar-refractivity contribution in [3.05, 3.63) is 92.2 Å². The minimum absolute atomic E-state index is 0.0651. The van der Waals surface area contributed by atoms with E-state index in [1.54, 1.807) is 24.1 Å². The number of halogens is 1. The summed E-state index contributed by atoms with van der Waals surface area (Å²) < 4.78 is 0.553. The van der Waals surface area contributed by atoms with Gasteiger partial charge in [-0.05, 0) is 49.3 Å². The van der Waals surface area contributed by atoms with Gasteiger partial charge in [-0.2, -0.15) is 0 Å². The number of benzene rings is 2. The molecule has 1 aromatic heterocycles. The number of nitro benzene ring substituents is 1. The van der Waals surface area contributed by atoms with Crippen molar-refractivity contribution in [3.8, 4) is 11.1 Å². The lowest BCUT2D eigenvalue weighted by Gasteiger charge is -2.23. The zero-order valence-electron chi connectivity index (χ0n) is 20.5. The largest absolute Gasteiger partial charge is 0.338 e. The molecule has 5 rings (SSSR count). The lowest BCUT2D eigenvalue weighted by molar-refractivity contribution is -0.385. The minimum atomic E-state index is -0.457. The quantitative estimate of drug-likeness (QED) is 0.315. The Balaban J connectivity index is 1.28. The molecule has 0 bridgehead atoms. The maximum absolute atomic E-state index is 13.5. The first kappa shape index (κ1) is 25.1. The number of rotatable bonds is 4. The zero-order chi connectivity index (χ0) is 26.1. The fraction of sp³-hybridized carbons (Fsp3) is 0.321. The van der Waals surface area contributed by atoms with Crippen LogP contribution in [0.4, 0.5) is 5.69 Å². The van der Waals surface area contributed by atoms with Crippen LogP contribution in [0.25, 0.3) is 11.1 Å². The first-order valence-electron chi connectivity index (χ1n) is 12.4. The predicted molar refractivity (Wildman–Crippen MR) is 143 cm³/mol. The Labute approximate surface area is 223 Å². The van der Waals surface area contributed by atoms with E-state index in [-0.39, 0.29) is 29.3 Å². The number of hydrogen-bond donors (Lipinski definition) is 0. The average molecular weight is 563 g/mol. The molecule has 0 spiro atoms. The topological polar surface area (TPSA) is 96.7 Å². The molecular formula is C28H27BrN4O4. The maximum atomic E-state index is 13.5. The molecule has 3 aromatic rings. The summed E-state index contributed by atoms with van der Waals surface area (Å²) in [4.78, 5) is 45.9. The Morgan fingerprint density at radius 2 is 1.65 bits per heavy atom. The molecule has 2 fully saturated rings. The molecule has 0 saturated carbocycles. The molecular weight excluding hydrogens is 536 g/mol. The summed E-state index contributed by atoms with van der Waals surface area (Å²) in [5, 5.41) is 11.4. The first-order chi connectivity index (χ1) is 17.8. The second-order valence-corrected chi connectivity index (χ2v) is 10.6. The minimum Gasteiger partial charge on any atom is -0.338 e. The Morgan fingerprint density at radius 3 is 2.30 bits per heavy atom. The highest BCUT2D eigenvalue weighted by Gasteiger charge is 2.38. The number of fused-ring (bicyclic) bond motifs is 1. The molecule has 0 unspecified atom stereocenters. The highest BCUT2D eigenvalue weighted by atomic mass is 79.9. The second-order valence-electron chi connectivity index (χ2n) is 9.72. The van der Waals surface area contributed by atoms with Crippen LogP contribution in [0.2, 0.25) is 0 Å². The first-order valence-corrected chi connectivity index (χ1v) is 13.2. The molecule has 8 nitrogen and oxygen atoms in total. The fourth-order valence-corrected chi connectivity index (χ4v) is 5.90. The summed E-state index contributed by atoms with van der Waals surface area (Å²) in [6.07, 6.45) is 3.25. The van der Waals surface area contributed by atoms with Crippen molar-refractivity contribution in [3.63, 3.8) is 0 Å². The van der Waals surface area contributed by atoms with E-state index in [2.05, 4.69) is 20.9 Å². The van der Waals surface area contributed by atoms with Gasteiger partial charge in [-0.25, -0.2) is 0 Å². The van der Waals surface area contributed by atoms with Crippen LogP contribution < -0.4 is 0 Å². The Kier molecular flexibility index (Phi) is 7.06.